The summed E-state index contributed by atoms with van der Waals surface area (Å²) in [7, 11) is 0.175. The van der Waals surface area contributed by atoms with Crippen molar-refractivity contribution in [3.8, 4) is 45.4 Å². The second kappa shape index (κ2) is 15.4. The lowest BCUT2D eigenvalue weighted by Crippen LogP contribution is -2.25. The van der Waals surface area contributed by atoms with Crippen molar-refractivity contribution in [3.05, 3.63) is 70.2 Å². The summed E-state index contributed by atoms with van der Waals surface area (Å²) >= 11 is 14.1. The lowest BCUT2D eigenvalue weighted by molar-refractivity contribution is -0.119. The first-order valence-corrected chi connectivity index (χ1v) is 18.8. The Balaban J connectivity index is 1.20. The Labute approximate surface area is 296 Å². The van der Waals surface area contributed by atoms with Gasteiger partial charge in [0.05, 0.1) is 59.6 Å². The molecule has 2 aliphatic heterocycles. The molecule has 0 saturated carbocycles. The first-order valence-electron chi connectivity index (χ1n) is 16.2. The fourth-order valence-electron chi connectivity index (χ4n) is 6.39. The summed E-state index contributed by atoms with van der Waals surface area (Å²) in [6, 6.07) is 11.5. The van der Waals surface area contributed by atoms with Crippen LogP contribution in [0.25, 0.3) is 33.6 Å². The van der Waals surface area contributed by atoms with E-state index < -0.39 is 9.84 Å². The molecule has 4 aromatic rings. The molecule has 1 unspecified atom stereocenters. The molecule has 14 heteroatoms. The van der Waals surface area contributed by atoms with Crippen LogP contribution in [0.15, 0.2) is 48.8 Å². The van der Waals surface area contributed by atoms with Gasteiger partial charge in [0.2, 0.25) is 17.7 Å². The first kappa shape index (κ1) is 35.0. The maximum Gasteiger partial charge on any atom is 0.237 e. The molecule has 0 aliphatic carbocycles. The molecule has 2 atom stereocenters. The van der Waals surface area contributed by atoms with Gasteiger partial charge in [-0.05, 0) is 44.6 Å². The van der Waals surface area contributed by atoms with Gasteiger partial charge in [0.25, 0.3) is 0 Å². The van der Waals surface area contributed by atoms with Crippen LogP contribution >= 0.6 is 23.2 Å². The van der Waals surface area contributed by atoms with Crippen molar-refractivity contribution in [3.63, 3.8) is 0 Å². The third-order valence-electron chi connectivity index (χ3n) is 8.95. The highest BCUT2D eigenvalue weighted by Crippen LogP contribution is 2.42. The average molecular weight is 726 g/mol. The van der Waals surface area contributed by atoms with E-state index in [1.807, 2.05) is 36.4 Å². The number of aryl methyl sites for hydroxylation is 1. The van der Waals surface area contributed by atoms with Gasteiger partial charge in [-0.2, -0.15) is 0 Å². The Kier molecular flexibility index (Phi) is 11.0. The highest BCUT2D eigenvalue weighted by Gasteiger charge is 2.27. The molecular formula is C35H38Cl2N6O5S. The third-order valence-corrected chi connectivity index (χ3v) is 11.6. The molecule has 49 heavy (non-hydrogen) atoms. The normalized spacial score (nSPS) is 18.4. The molecule has 2 saturated heterocycles. The molecule has 0 bridgehead atoms. The number of nitrogens with one attached hydrogen (secondary N) is 2. The van der Waals surface area contributed by atoms with Crippen LogP contribution in [0, 0.1) is 5.92 Å². The van der Waals surface area contributed by atoms with Gasteiger partial charge in [-0.3, -0.25) is 14.8 Å². The second-order valence-electron chi connectivity index (χ2n) is 12.4. The van der Waals surface area contributed by atoms with E-state index in [4.69, 9.17) is 42.6 Å². The fraction of sp³-hybridized carbons (Fsp3) is 0.400. The van der Waals surface area contributed by atoms with E-state index in [1.165, 1.54) is 7.11 Å². The minimum absolute atomic E-state index is 0.0902. The number of carbonyl (C=O) groups is 1. The lowest BCUT2D eigenvalue weighted by Gasteiger charge is -2.15. The molecule has 2 N–H and O–H groups in total. The number of sulfone groups is 1. The minimum atomic E-state index is -2.93. The number of halogens is 2. The van der Waals surface area contributed by atoms with Gasteiger partial charge in [0, 0.05) is 41.3 Å². The maximum absolute atomic E-state index is 11.8. The molecule has 2 aliphatic rings. The van der Waals surface area contributed by atoms with Crippen LogP contribution in [-0.2, 0) is 27.6 Å². The first-order chi connectivity index (χ1) is 23.7. The zero-order valence-corrected chi connectivity index (χ0v) is 29.7. The monoisotopic (exact) mass is 724 g/mol. The highest BCUT2D eigenvalue weighted by atomic mass is 35.5. The molecule has 258 valence electrons. The molecule has 0 radical (unpaired) electrons. The number of amides is 1. The molecule has 2 aromatic heterocycles. The Hall–Kier alpha value is -3.84. The van der Waals surface area contributed by atoms with Gasteiger partial charge in [-0.15, -0.1) is 0 Å². The van der Waals surface area contributed by atoms with Crippen molar-refractivity contribution in [2.24, 2.45) is 5.92 Å². The number of carbonyl (C=O) groups excluding carboxylic acids is 1. The van der Waals surface area contributed by atoms with E-state index in [1.54, 1.807) is 19.5 Å². The summed E-state index contributed by atoms with van der Waals surface area (Å²) in [6.45, 7) is 0.961. The topological polar surface area (TPSA) is 145 Å². The Morgan fingerprint density at radius 2 is 1.47 bits per heavy atom. The van der Waals surface area contributed by atoms with E-state index in [0.29, 0.717) is 93.5 Å². The van der Waals surface area contributed by atoms with Crippen LogP contribution in [0.3, 0.4) is 0 Å². The van der Waals surface area contributed by atoms with Gasteiger partial charge in [0.15, 0.2) is 9.84 Å². The van der Waals surface area contributed by atoms with Crippen molar-refractivity contribution >= 4 is 38.9 Å². The summed E-state index contributed by atoms with van der Waals surface area (Å²) < 4.78 is 34.7. The predicted octanol–water partition coefficient (Wildman–Crippen LogP) is 5.72. The van der Waals surface area contributed by atoms with Crippen LogP contribution < -0.4 is 20.1 Å². The van der Waals surface area contributed by atoms with Crippen molar-refractivity contribution in [1.82, 2.24) is 30.6 Å². The van der Waals surface area contributed by atoms with Crippen LogP contribution in [0.4, 0.5) is 0 Å². The van der Waals surface area contributed by atoms with Crippen LogP contribution in [0.5, 0.6) is 11.8 Å². The number of hydrogen-bond acceptors (Lipinski definition) is 10. The van der Waals surface area contributed by atoms with Crippen LogP contribution in [0.1, 0.15) is 43.5 Å². The number of benzene rings is 2. The van der Waals surface area contributed by atoms with E-state index in [2.05, 4.69) is 20.6 Å². The Morgan fingerprint density at radius 3 is 2.02 bits per heavy atom. The molecule has 2 aromatic carbocycles. The quantitative estimate of drug-likeness (QED) is 0.176. The van der Waals surface area contributed by atoms with E-state index in [9.17, 15) is 13.2 Å². The fourth-order valence-corrected chi connectivity index (χ4v) is 8.90. The lowest BCUT2D eigenvalue weighted by atomic mass is 9.98. The SMILES string of the molecule is COc1nc(-c2cccc(-c3cccc(-c4cnc(CNCC5CCS(=O)(=O)C5)c(OC)n4)c3Cl)c2Cl)cnc1CCC[C@@H]1CCC(=O)N1. The zero-order chi connectivity index (χ0) is 34.5. The van der Waals surface area contributed by atoms with Crippen molar-refractivity contribution in [2.75, 3.05) is 32.3 Å². The van der Waals surface area contributed by atoms with E-state index in [0.717, 1.165) is 25.0 Å². The van der Waals surface area contributed by atoms with Crippen LogP contribution in [0.2, 0.25) is 10.0 Å². The molecule has 6 rings (SSSR count). The van der Waals surface area contributed by atoms with Gasteiger partial charge < -0.3 is 20.1 Å². The van der Waals surface area contributed by atoms with Gasteiger partial charge in [-0.25, -0.2) is 18.4 Å². The number of methoxy groups -OCH3 is 2. The Morgan fingerprint density at radius 1 is 0.878 bits per heavy atom. The number of aromatic nitrogens is 4. The van der Waals surface area contributed by atoms with Crippen molar-refractivity contribution in [1.29, 1.82) is 0 Å². The molecule has 4 heterocycles. The second-order valence-corrected chi connectivity index (χ2v) is 15.3. The van der Waals surface area contributed by atoms with Crippen molar-refractivity contribution in [2.45, 2.75) is 51.1 Å². The number of nitrogens with zero attached hydrogens (tertiary/aromatic N) is 4. The number of rotatable bonds is 13. The number of ether oxygens (including phenoxy) is 2. The van der Waals surface area contributed by atoms with Gasteiger partial charge in [0.1, 0.15) is 11.4 Å². The molecule has 1 amide bonds. The summed E-state index contributed by atoms with van der Waals surface area (Å²) in [6.07, 6.45) is 7.88. The smallest absolute Gasteiger partial charge is 0.237 e. The average Bonchev–Trinajstić information content (AvgIpc) is 3.68. The predicted molar refractivity (Wildman–Crippen MR) is 190 cm³/mol. The summed E-state index contributed by atoms with van der Waals surface area (Å²) in [5.41, 5.74) is 5.22. The Bertz CT molecular complexity index is 1960. The van der Waals surface area contributed by atoms with Gasteiger partial charge >= 0.3 is 0 Å². The maximum atomic E-state index is 11.8. The molecular weight excluding hydrogens is 687 g/mol. The largest absolute Gasteiger partial charge is 0.480 e. The highest BCUT2D eigenvalue weighted by molar-refractivity contribution is 7.91. The number of hydrogen-bond donors (Lipinski definition) is 2. The molecule has 2 fully saturated rings. The standard InChI is InChI=1S/C35H38Cl2N6O5S/c1-47-34-27(11-3-6-22-12-13-31(44)41-22)39-18-28(42-34)25-9-4-7-23(32(25)36)24-8-5-10-26(33(24)37)29-19-40-30(35(43-29)48-2)17-38-16-21-14-15-49(45,46)20-21/h4-5,7-10,18-19,21-22,38H,3,6,11-17,20H2,1-2H3,(H,41,44)/t21?,22-/m1/s1. The van der Waals surface area contributed by atoms with Crippen LogP contribution in [-0.4, -0.2) is 72.6 Å². The summed E-state index contributed by atoms with van der Waals surface area (Å²) in [5.74, 6) is 1.45. The molecule has 0 spiro atoms. The zero-order valence-electron chi connectivity index (χ0n) is 27.3. The molecule has 11 nitrogen and oxygen atoms in total. The van der Waals surface area contributed by atoms with E-state index in [-0.39, 0.29) is 29.4 Å². The summed E-state index contributed by atoms with van der Waals surface area (Å²) in [4.78, 5) is 30.2. The third kappa shape index (κ3) is 8.15. The minimum Gasteiger partial charge on any atom is -0.480 e. The van der Waals surface area contributed by atoms with Crippen molar-refractivity contribution < 1.29 is 22.7 Å². The summed E-state index contributed by atoms with van der Waals surface area (Å²) in [5, 5.41) is 7.21. The van der Waals surface area contributed by atoms with E-state index >= 15 is 0 Å². The van der Waals surface area contributed by atoms with Gasteiger partial charge in [-0.1, -0.05) is 59.6 Å².